The zero-order chi connectivity index (χ0) is 17.0. The van der Waals surface area contributed by atoms with E-state index in [1.807, 2.05) is 0 Å². The Balaban J connectivity index is 2.24. The van der Waals surface area contributed by atoms with E-state index in [1.165, 1.54) is 30.3 Å². The van der Waals surface area contributed by atoms with E-state index in [4.69, 9.17) is 16.3 Å². The SMILES string of the molecule is CCOC(=O)c1ccc(S(=O)(=O)Nc2ccc(F)cc2Cl)cc1. The molecule has 0 saturated heterocycles. The summed E-state index contributed by atoms with van der Waals surface area (Å²) in [5.41, 5.74) is 0.299. The van der Waals surface area contributed by atoms with Crippen LogP contribution in [0.25, 0.3) is 0 Å². The highest BCUT2D eigenvalue weighted by atomic mass is 35.5. The summed E-state index contributed by atoms with van der Waals surface area (Å²) in [6, 6.07) is 8.55. The predicted octanol–water partition coefficient (Wildman–Crippen LogP) is 3.46. The van der Waals surface area contributed by atoms with E-state index in [2.05, 4.69) is 4.72 Å². The second-order valence-corrected chi connectivity index (χ2v) is 6.56. The van der Waals surface area contributed by atoms with Gasteiger partial charge in [-0.25, -0.2) is 17.6 Å². The van der Waals surface area contributed by atoms with Crippen LogP contribution in [0, 0.1) is 5.82 Å². The number of rotatable bonds is 5. The smallest absolute Gasteiger partial charge is 0.338 e. The Kier molecular flexibility index (Phi) is 5.23. The van der Waals surface area contributed by atoms with Gasteiger partial charge in [0.05, 0.1) is 27.8 Å². The summed E-state index contributed by atoms with van der Waals surface area (Å²) in [6.45, 7) is 1.90. The van der Waals surface area contributed by atoms with Crippen molar-refractivity contribution in [2.45, 2.75) is 11.8 Å². The normalized spacial score (nSPS) is 11.1. The first kappa shape index (κ1) is 17.2. The summed E-state index contributed by atoms with van der Waals surface area (Å²) in [4.78, 5) is 11.5. The fourth-order valence-electron chi connectivity index (χ4n) is 1.76. The van der Waals surface area contributed by atoms with E-state index in [1.54, 1.807) is 6.92 Å². The van der Waals surface area contributed by atoms with E-state index in [-0.39, 0.29) is 27.8 Å². The number of nitrogens with one attached hydrogen (secondary N) is 1. The molecule has 5 nitrogen and oxygen atoms in total. The van der Waals surface area contributed by atoms with Crippen molar-refractivity contribution < 1.29 is 22.3 Å². The fourth-order valence-corrected chi connectivity index (χ4v) is 3.11. The van der Waals surface area contributed by atoms with E-state index in [9.17, 15) is 17.6 Å². The molecule has 0 aromatic heterocycles. The average Bonchev–Trinajstić information content (AvgIpc) is 2.50. The maximum Gasteiger partial charge on any atom is 0.338 e. The van der Waals surface area contributed by atoms with E-state index >= 15 is 0 Å². The lowest BCUT2D eigenvalue weighted by Gasteiger charge is -2.10. The molecule has 8 heteroatoms. The Morgan fingerprint density at radius 1 is 1.22 bits per heavy atom. The maximum atomic E-state index is 13.0. The molecule has 0 atom stereocenters. The molecule has 0 aliphatic heterocycles. The van der Waals surface area contributed by atoms with E-state index in [0.29, 0.717) is 0 Å². The van der Waals surface area contributed by atoms with Crippen LogP contribution in [0.1, 0.15) is 17.3 Å². The van der Waals surface area contributed by atoms with Crippen LogP contribution in [0.3, 0.4) is 0 Å². The van der Waals surface area contributed by atoms with Gasteiger partial charge in [0, 0.05) is 0 Å². The fraction of sp³-hybridized carbons (Fsp3) is 0.133. The molecule has 0 spiro atoms. The molecule has 2 aromatic carbocycles. The predicted molar refractivity (Wildman–Crippen MR) is 84.6 cm³/mol. The zero-order valence-electron chi connectivity index (χ0n) is 12.0. The van der Waals surface area contributed by atoms with Crippen LogP contribution in [0.5, 0.6) is 0 Å². The van der Waals surface area contributed by atoms with Gasteiger partial charge in [-0.3, -0.25) is 4.72 Å². The minimum absolute atomic E-state index is 0.0579. The number of hydrogen-bond donors (Lipinski definition) is 1. The van der Waals surface area contributed by atoms with Crippen molar-refractivity contribution in [2.24, 2.45) is 0 Å². The first-order valence-corrected chi connectivity index (χ1v) is 8.44. The average molecular weight is 358 g/mol. The number of anilines is 1. The van der Waals surface area contributed by atoms with Crippen molar-refractivity contribution in [1.29, 1.82) is 0 Å². The summed E-state index contributed by atoms with van der Waals surface area (Å²) in [5, 5.41) is -0.0586. The Hall–Kier alpha value is -2.12. The zero-order valence-corrected chi connectivity index (χ0v) is 13.6. The Bertz CT molecular complexity index is 822. The van der Waals surface area contributed by atoms with Crippen LogP contribution in [-0.4, -0.2) is 21.0 Å². The Morgan fingerprint density at radius 3 is 2.43 bits per heavy atom. The molecule has 0 aliphatic rings. The van der Waals surface area contributed by atoms with Crippen LogP contribution < -0.4 is 4.72 Å². The Morgan fingerprint density at radius 2 is 1.87 bits per heavy atom. The summed E-state index contributed by atoms with van der Waals surface area (Å²) < 4.78 is 44.6. The molecule has 0 fully saturated rings. The molecule has 0 amide bonds. The largest absolute Gasteiger partial charge is 0.462 e. The van der Waals surface area contributed by atoms with Gasteiger partial charge in [-0.05, 0) is 49.4 Å². The molecule has 0 saturated carbocycles. The number of esters is 1. The number of sulfonamides is 1. The molecule has 23 heavy (non-hydrogen) atoms. The number of halogens is 2. The molecule has 0 heterocycles. The molecule has 122 valence electrons. The van der Waals surface area contributed by atoms with Crippen molar-refractivity contribution in [1.82, 2.24) is 0 Å². The molecule has 1 N–H and O–H groups in total. The molecule has 0 unspecified atom stereocenters. The van der Waals surface area contributed by atoms with Crippen LogP contribution in [0.2, 0.25) is 5.02 Å². The van der Waals surface area contributed by atoms with Crippen LogP contribution in [-0.2, 0) is 14.8 Å². The molecule has 0 aliphatic carbocycles. The maximum absolute atomic E-state index is 13.0. The monoisotopic (exact) mass is 357 g/mol. The third-order valence-corrected chi connectivity index (χ3v) is 4.55. The minimum Gasteiger partial charge on any atom is -0.462 e. The van der Waals surface area contributed by atoms with Gasteiger partial charge in [-0.2, -0.15) is 0 Å². The second-order valence-electron chi connectivity index (χ2n) is 4.47. The lowest BCUT2D eigenvalue weighted by atomic mass is 10.2. The highest BCUT2D eigenvalue weighted by Crippen LogP contribution is 2.25. The van der Waals surface area contributed by atoms with Crippen LogP contribution >= 0.6 is 11.6 Å². The van der Waals surface area contributed by atoms with Crippen molar-refractivity contribution in [3.05, 3.63) is 58.9 Å². The van der Waals surface area contributed by atoms with E-state index < -0.39 is 21.8 Å². The number of ether oxygens (including phenoxy) is 1. The summed E-state index contributed by atoms with van der Waals surface area (Å²) in [7, 11) is -3.91. The molecular formula is C15H13ClFNO4S. The molecule has 0 bridgehead atoms. The van der Waals surface area contributed by atoms with Crippen molar-refractivity contribution in [3.63, 3.8) is 0 Å². The number of carbonyl (C=O) groups is 1. The van der Waals surface area contributed by atoms with Gasteiger partial charge in [0.15, 0.2) is 0 Å². The summed E-state index contributed by atoms with van der Waals surface area (Å²) >= 11 is 5.80. The second kappa shape index (κ2) is 6.97. The van der Waals surface area contributed by atoms with E-state index in [0.717, 1.165) is 12.1 Å². The lowest BCUT2D eigenvalue weighted by Crippen LogP contribution is -2.14. The summed E-state index contributed by atoms with van der Waals surface area (Å²) in [5.74, 6) is -1.11. The highest BCUT2D eigenvalue weighted by molar-refractivity contribution is 7.92. The third-order valence-electron chi connectivity index (χ3n) is 2.85. The molecule has 0 radical (unpaired) electrons. The first-order valence-electron chi connectivity index (χ1n) is 6.58. The highest BCUT2D eigenvalue weighted by Gasteiger charge is 2.17. The first-order chi connectivity index (χ1) is 10.8. The Labute approximate surface area is 138 Å². The van der Waals surface area contributed by atoms with Gasteiger partial charge in [0.25, 0.3) is 10.0 Å². The minimum atomic E-state index is -3.91. The van der Waals surface area contributed by atoms with Gasteiger partial charge in [-0.15, -0.1) is 0 Å². The number of benzene rings is 2. The lowest BCUT2D eigenvalue weighted by molar-refractivity contribution is 0.0526. The summed E-state index contributed by atoms with van der Waals surface area (Å²) in [6.07, 6.45) is 0. The number of carbonyl (C=O) groups excluding carboxylic acids is 1. The van der Waals surface area contributed by atoms with Gasteiger partial charge in [-0.1, -0.05) is 11.6 Å². The van der Waals surface area contributed by atoms with Crippen molar-refractivity contribution in [2.75, 3.05) is 11.3 Å². The van der Waals surface area contributed by atoms with Gasteiger partial charge >= 0.3 is 5.97 Å². The van der Waals surface area contributed by atoms with Crippen LogP contribution in [0.15, 0.2) is 47.4 Å². The molecule has 2 rings (SSSR count). The quantitative estimate of drug-likeness (QED) is 0.832. The van der Waals surface area contributed by atoms with Gasteiger partial charge < -0.3 is 4.74 Å². The van der Waals surface area contributed by atoms with Crippen molar-refractivity contribution in [3.8, 4) is 0 Å². The van der Waals surface area contributed by atoms with Crippen molar-refractivity contribution >= 4 is 33.3 Å². The molecule has 2 aromatic rings. The van der Waals surface area contributed by atoms with Gasteiger partial charge in [0.2, 0.25) is 0 Å². The third kappa shape index (κ3) is 4.20. The standard InChI is InChI=1S/C15H13ClFNO4S/c1-2-22-15(19)10-3-6-12(7-4-10)23(20,21)18-14-8-5-11(17)9-13(14)16/h3-9,18H,2H2,1H3. The number of hydrogen-bond acceptors (Lipinski definition) is 4. The van der Waals surface area contributed by atoms with Gasteiger partial charge in [0.1, 0.15) is 5.82 Å². The van der Waals surface area contributed by atoms with Crippen LogP contribution in [0.4, 0.5) is 10.1 Å². The molecular weight excluding hydrogens is 345 g/mol. The topological polar surface area (TPSA) is 72.5 Å².